The molecule has 0 amide bonds. The van der Waals surface area contributed by atoms with Gasteiger partial charge in [0.2, 0.25) is 0 Å². The van der Waals surface area contributed by atoms with Crippen molar-refractivity contribution in [1.29, 1.82) is 0 Å². The van der Waals surface area contributed by atoms with Crippen LogP contribution in [-0.2, 0) is 13.0 Å². The average Bonchev–Trinajstić information content (AvgIpc) is 3.19. The number of fused-ring (bicyclic) bond motifs is 1. The van der Waals surface area contributed by atoms with Crippen LogP contribution in [0.25, 0.3) is 22.2 Å². The summed E-state index contributed by atoms with van der Waals surface area (Å²) < 4.78 is 16.5. The van der Waals surface area contributed by atoms with Crippen molar-refractivity contribution < 1.29 is 4.39 Å². The topological polar surface area (TPSA) is 84.3 Å². The number of hydrogen-bond donors (Lipinski definition) is 2. The fraction of sp³-hybridized carbons (Fsp3) is 0.333. The number of benzene rings is 1. The van der Waals surface area contributed by atoms with Crippen molar-refractivity contribution in [3.05, 3.63) is 42.0 Å². The fourth-order valence-electron chi connectivity index (χ4n) is 3.80. The Balaban J connectivity index is 1.60. The summed E-state index contributed by atoms with van der Waals surface area (Å²) in [6.07, 6.45) is 5.85. The van der Waals surface area contributed by atoms with Crippen molar-refractivity contribution in [2.45, 2.75) is 38.8 Å². The molecule has 8 heteroatoms. The van der Waals surface area contributed by atoms with Crippen molar-refractivity contribution in [1.82, 2.24) is 29.5 Å². The maximum atomic E-state index is 14.3. The molecule has 1 aliphatic heterocycles. The maximum absolute atomic E-state index is 14.3. The predicted molar refractivity (Wildman–Crippen MR) is 96.4 cm³/mol. The summed E-state index contributed by atoms with van der Waals surface area (Å²) in [5.41, 5.74) is 3.94. The van der Waals surface area contributed by atoms with Gasteiger partial charge in [-0.05, 0) is 38.3 Å². The largest absolute Gasteiger partial charge is 0.358 e. The van der Waals surface area contributed by atoms with E-state index in [9.17, 15) is 4.39 Å². The zero-order valence-corrected chi connectivity index (χ0v) is 14.3. The van der Waals surface area contributed by atoms with Crippen molar-refractivity contribution in [2.24, 2.45) is 0 Å². The summed E-state index contributed by atoms with van der Waals surface area (Å²) in [5.74, 6) is 1.43. The lowest BCUT2D eigenvalue weighted by molar-refractivity contribution is 0.590. The number of imidazole rings is 2. The first-order valence-electron chi connectivity index (χ1n) is 8.80. The Morgan fingerprint density at radius 1 is 1.23 bits per heavy atom. The molecule has 0 radical (unpaired) electrons. The molecule has 2 N–H and O–H groups in total. The highest BCUT2D eigenvalue weighted by atomic mass is 19.1. The Kier molecular flexibility index (Phi) is 3.37. The summed E-state index contributed by atoms with van der Waals surface area (Å²) in [5, 5.41) is 3.40. The number of nitrogens with zero attached hydrogens (tertiary/aromatic N) is 5. The van der Waals surface area contributed by atoms with Crippen LogP contribution >= 0.6 is 0 Å². The number of rotatable bonds is 3. The van der Waals surface area contributed by atoms with Crippen molar-refractivity contribution in [3.8, 4) is 0 Å². The normalized spacial score (nSPS) is 15.3. The Morgan fingerprint density at radius 2 is 2.15 bits per heavy atom. The fourth-order valence-corrected chi connectivity index (χ4v) is 3.80. The van der Waals surface area contributed by atoms with E-state index in [0.29, 0.717) is 11.5 Å². The SMILES string of the molecule is C[C@H](Nc1ncnc2nc[nH]c12)c1nc2ccc(F)c3c2n1CCCC3. The molecule has 4 aromatic rings. The number of halogens is 1. The molecule has 1 aliphatic rings. The van der Waals surface area contributed by atoms with Crippen LogP contribution in [0.5, 0.6) is 0 Å². The van der Waals surface area contributed by atoms with Gasteiger partial charge in [-0.15, -0.1) is 0 Å². The monoisotopic (exact) mass is 351 g/mol. The lowest BCUT2D eigenvalue weighted by Gasteiger charge is -2.16. The third-order valence-electron chi connectivity index (χ3n) is 5.01. The van der Waals surface area contributed by atoms with E-state index in [1.54, 1.807) is 12.4 Å². The molecule has 5 rings (SSSR count). The first kappa shape index (κ1) is 15.2. The van der Waals surface area contributed by atoms with E-state index in [-0.39, 0.29) is 11.9 Å². The number of aryl methyl sites for hydroxylation is 2. The Morgan fingerprint density at radius 3 is 3.08 bits per heavy atom. The summed E-state index contributed by atoms with van der Waals surface area (Å²) in [4.78, 5) is 20.5. The second kappa shape index (κ2) is 5.76. The van der Waals surface area contributed by atoms with E-state index < -0.39 is 0 Å². The molecule has 7 nitrogen and oxygen atoms in total. The van der Waals surface area contributed by atoms with E-state index in [1.165, 1.54) is 12.4 Å². The van der Waals surface area contributed by atoms with Crippen molar-refractivity contribution in [3.63, 3.8) is 0 Å². The Bertz CT molecular complexity index is 1110. The van der Waals surface area contributed by atoms with E-state index in [4.69, 9.17) is 4.98 Å². The molecule has 1 atom stereocenters. The maximum Gasteiger partial charge on any atom is 0.182 e. The molecule has 0 fully saturated rings. The highest BCUT2D eigenvalue weighted by molar-refractivity contribution is 5.83. The summed E-state index contributed by atoms with van der Waals surface area (Å²) >= 11 is 0. The Labute approximate surface area is 148 Å². The van der Waals surface area contributed by atoms with Gasteiger partial charge in [-0.25, -0.2) is 24.3 Å². The molecule has 4 heterocycles. The summed E-state index contributed by atoms with van der Waals surface area (Å²) in [6, 6.07) is 3.20. The first-order chi connectivity index (χ1) is 12.7. The molecule has 0 bridgehead atoms. The molecule has 0 saturated heterocycles. The average molecular weight is 351 g/mol. The van der Waals surface area contributed by atoms with Crippen LogP contribution in [0.3, 0.4) is 0 Å². The molecule has 3 aromatic heterocycles. The van der Waals surface area contributed by atoms with Gasteiger partial charge in [-0.1, -0.05) is 0 Å². The number of hydrogen-bond acceptors (Lipinski definition) is 5. The van der Waals surface area contributed by atoms with E-state index >= 15 is 0 Å². The molecule has 0 unspecified atom stereocenters. The van der Waals surface area contributed by atoms with Crippen molar-refractivity contribution >= 4 is 28.0 Å². The molecule has 0 saturated carbocycles. The van der Waals surface area contributed by atoms with Crippen LogP contribution in [0.2, 0.25) is 0 Å². The number of nitrogens with one attached hydrogen (secondary N) is 2. The van der Waals surface area contributed by atoms with Crippen LogP contribution in [0.1, 0.15) is 37.2 Å². The van der Waals surface area contributed by atoms with Crippen LogP contribution in [0.4, 0.5) is 10.2 Å². The smallest absolute Gasteiger partial charge is 0.182 e. The van der Waals surface area contributed by atoms with Gasteiger partial charge in [0.1, 0.15) is 23.5 Å². The molecule has 26 heavy (non-hydrogen) atoms. The standard InChI is InChI=1S/C18H18FN7/c1-10(24-17-14-16(21-8-20-14)22-9-23-17)18-25-13-6-5-12(19)11-4-2-3-7-26(18)15(11)13/h5-6,8-10H,2-4,7H2,1H3,(H2,20,21,22,23,24)/t10-/m0/s1. The predicted octanol–water partition coefficient (Wildman–Crippen LogP) is 3.35. The third kappa shape index (κ3) is 2.25. The van der Waals surface area contributed by atoms with E-state index in [1.807, 2.05) is 6.92 Å². The molecule has 132 valence electrons. The zero-order valence-electron chi connectivity index (χ0n) is 14.3. The van der Waals surface area contributed by atoms with Crippen LogP contribution in [-0.4, -0.2) is 29.5 Å². The third-order valence-corrected chi connectivity index (χ3v) is 5.01. The number of H-pyrrole nitrogens is 1. The minimum absolute atomic E-state index is 0.0992. The van der Waals surface area contributed by atoms with Gasteiger partial charge in [-0.3, -0.25) is 0 Å². The molecular weight excluding hydrogens is 333 g/mol. The minimum Gasteiger partial charge on any atom is -0.358 e. The quantitative estimate of drug-likeness (QED) is 0.591. The van der Waals surface area contributed by atoms with Crippen LogP contribution < -0.4 is 5.32 Å². The second-order valence-electron chi connectivity index (χ2n) is 6.66. The van der Waals surface area contributed by atoms with Gasteiger partial charge in [0, 0.05) is 12.1 Å². The number of aromatic nitrogens is 6. The van der Waals surface area contributed by atoms with E-state index in [0.717, 1.165) is 53.7 Å². The Hall–Kier alpha value is -3.03. The lowest BCUT2D eigenvalue weighted by Crippen LogP contribution is -2.15. The van der Waals surface area contributed by atoms with Crippen LogP contribution in [0, 0.1) is 5.82 Å². The van der Waals surface area contributed by atoms with Gasteiger partial charge >= 0.3 is 0 Å². The molecular formula is C18H18FN7. The lowest BCUT2D eigenvalue weighted by atomic mass is 10.1. The zero-order chi connectivity index (χ0) is 17.7. The molecule has 1 aromatic carbocycles. The first-order valence-corrected chi connectivity index (χ1v) is 8.80. The van der Waals surface area contributed by atoms with Crippen molar-refractivity contribution in [2.75, 3.05) is 5.32 Å². The van der Waals surface area contributed by atoms with Gasteiger partial charge < -0.3 is 14.9 Å². The number of anilines is 1. The second-order valence-corrected chi connectivity index (χ2v) is 6.66. The summed E-state index contributed by atoms with van der Waals surface area (Å²) in [7, 11) is 0. The van der Waals surface area contributed by atoms with Gasteiger partial charge in [-0.2, -0.15) is 0 Å². The highest BCUT2D eigenvalue weighted by Gasteiger charge is 2.23. The number of aromatic amines is 1. The van der Waals surface area contributed by atoms with Gasteiger partial charge in [0.15, 0.2) is 11.5 Å². The van der Waals surface area contributed by atoms with Crippen LogP contribution in [0.15, 0.2) is 24.8 Å². The minimum atomic E-state index is -0.136. The molecule has 0 spiro atoms. The van der Waals surface area contributed by atoms with Gasteiger partial charge in [0.05, 0.1) is 23.4 Å². The van der Waals surface area contributed by atoms with E-state index in [2.05, 4.69) is 29.8 Å². The molecule has 0 aliphatic carbocycles. The van der Waals surface area contributed by atoms with Gasteiger partial charge in [0.25, 0.3) is 0 Å². The highest BCUT2D eigenvalue weighted by Crippen LogP contribution is 2.31. The summed E-state index contributed by atoms with van der Waals surface area (Å²) in [6.45, 7) is 2.88.